The lowest BCUT2D eigenvalue weighted by atomic mass is 10.0. The van der Waals surface area contributed by atoms with E-state index in [1.54, 1.807) is 0 Å². The Morgan fingerprint density at radius 3 is 2.50 bits per heavy atom. The van der Waals surface area contributed by atoms with Crippen LogP contribution in [0.2, 0.25) is 0 Å². The minimum Gasteiger partial charge on any atom is -0.493 e. The van der Waals surface area contributed by atoms with Gasteiger partial charge < -0.3 is 14.2 Å². The number of carbonyl (C=O) groups is 1. The van der Waals surface area contributed by atoms with Crippen LogP contribution in [0.4, 0.5) is 0 Å². The topological polar surface area (TPSA) is 47.4 Å². The van der Waals surface area contributed by atoms with E-state index in [1.165, 1.54) is 12.8 Å². The Morgan fingerprint density at radius 1 is 1.12 bits per heavy atom. The first-order chi connectivity index (χ1) is 11.8. The van der Waals surface area contributed by atoms with Gasteiger partial charge in [0, 0.05) is 37.1 Å². The summed E-state index contributed by atoms with van der Waals surface area (Å²) in [5, 5.41) is 0. The summed E-state index contributed by atoms with van der Waals surface area (Å²) in [5.41, 5.74) is 0.745. The number of hydrogen-bond acceptors (Lipinski definition) is 3. The summed E-state index contributed by atoms with van der Waals surface area (Å²) in [6.07, 6.45) is 10.2. The fourth-order valence-electron chi connectivity index (χ4n) is 3.23. The Labute approximate surface area is 142 Å². The quantitative estimate of drug-likeness (QED) is 0.848. The van der Waals surface area contributed by atoms with Gasteiger partial charge in [0.1, 0.15) is 5.75 Å². The maximum atomic E-state index is 12.6. The van der Waals surface area contributed by atoms with Crippen LogP contribution in [0.1, 0.15) is 42.1 Å². The van der Waals surface area contributed by atoms with E-state index in [1.807, 2.05) is 47.9 Å². The number of nitrogens with zero attached hydrogens (tertiary/aromatic N) is 3. The molecule has 24 heavy (non-hydrogen) atoms. The number of hydrogen-bond donors (Lipinski definition) is 0. The van der Waals surface area contributed by atoms with Crippen molar-refractivity contribution in [1.82, 2.24) is 14.5 Å². The summed E-state index contributed by atoms with van der Waals surface area (Å²) in [5.74, 6) is 1.72. The highest BCUT2D eigenvalue weighted by Crippen LogP contribution is 2.29. The molecule has 0 spiro atoms. The number of amides is 1. The molecule has 1 saturated heterocycles. The highest BCUT2D eigenvalue weighted by molar-refractivity contribution is 5.94. The van der Waals surface area contributed by atoms with Gasteiger partial charge in [0.25, 0.3) is 5.91 Å². The van der Waals surface area contributed by atoms with E-state index in [0.717, 1.165) is 49.8 Å². The number of rotatable bonds is 5. The third-order valence-electron chi connectivity index (χ3n) is 4.98. The zero-order valence-electron chi connectivity index (χ0n) is 13.8. The van der Waals surface area contributed by atoms with E-state index in [9.17, 15) is 4.79 Å². The van der Waals surface area contributed by atoms with Crippen LogP contribution in [0.25, 0.3) is 0 Å². The van der Waals surface area contributed by atoms with Gasteiger partial charge in [-0.1, -0.05) is 0 Å². The molecule has 2 aliphatic rings. The van der Waals surface area contributed by atoms with Gasteiger partial charge in [-0.25, -0.2) is 4.98 Å². The molecule has 1 aromatic heterocycles. The van der Waals surface area contributed by atoms with Crippen molar-refractivity contribution < 1.29 is 9.53 Å². The van der Waals surface area contributed by atoms with Crippen molar-refractivity contribution in [2.45, 2.75) is 31.7 Å². The van der Waals surface area contributed by atoms with Crippen LogP contribution in [0.15, 0.2) is 43.0 Å². The van der Waals surface area contributed by atoms with Crippen LogP contribution in [0.5, 0.6) is 5.75 Å². The summed E-state index contributed by atoms with van der Waals surface area (Å²) in [6.45, 7) is 2.39. The second kappa shape index (κ2) is 6.67. The number of ether oxygens (including phenoxy) is 1. The number of carbonyl (C=O) groups excluding carboxylic acids is 1. The standard InChI is InChI=1S/C19H23N3O2/c23-19(16-3-5-18(6-4-16)24-13-15-1-2-15)21-10-7-17(8-11-21)22-12-9-20-14-22/h3-6,9,12,14-15,17H,1-2,7-8,10-11,13H2. The van der Waals surface area contributed by atoms with E-state index < -0.39 is 0 Å². The summed E-state index contributed by atoms with van der Waals surface area (Å²) < 4.78 is 7.88. The Hall–Kier alpha value is -2.30. The lowest BCUT2D eigenvalue weighted by Crippen LogP contribution is -2.38. The largest absolute Gasteiger partial charge is 0.493 e. The molecule has 1 aliphatic carbocycles. The van der Waals surface area contributed by atoms with E-state index in [0.29, 0.717) is 6.04 Å². The van der Waals surface area contributed by atoms with Gasteiger partial charge in [-0.2, -0.15) is 0 Å². The molecule has 0 radical (unpaired) electrons. The summed E-state index contributed by atoms with van der Waals surface area (Å²) in [6, 6.07) is 8.04. The molecule has 1 aliphatic heterocycles. The maximum absolute atomic E-state index is 12.6. The number of aromatic nitrogens is 2. The molecule has 5 heteroatoms. The minimum atomic E-state index is 0.118. The number of benzene rings is 1. The molecule has 2 heterocycles. The van der Waals surface area contributed by atoms with E-state index in [4.69, 9.17) is 4.74 Å². The molecule has 0 N–H and O–H groups in total. The first-order valence-electron chi connectivity index (χ1n) is 8.79. The zero-order valence-corrected chi connectivity index (χ0v) is 13.8. The van der Waals surface area contributed by atoms with Crippen LogP contribution < -0.4 is 4.74 Å². The zero-order chi connectivity index (χ0) is 16.4. The molecule has 5 nitrogen and oxygen atoms in total. The van der Waals surface area contributed by atoms with Crippen LogP contribution >= 0.6 is 0 Å². The second-order valence-electron chi connectivity index (χ2n) is 6.81. The van der Waals surface area contributed by atoms with Gasteiger partial charge >= 0.3 is 0 Å². The van der Waals surface area contributed by atoms with Gasteiger partial charge in [0.2, 0.25) is 0 Å². The predicted octanol–water partition coefficient (Wildman–Crippen LogP) is 3.15. The molecule has 1 amide bonds. The molecule has 0 atom stereocenters. The SMILES string of the molecule is O=C(c1ccc(OCC2CC2)cc1)N1CCC(n2ccnc2)CC1. The highest BCUT2D eigenvalue weighted by atomic mass is 16.5. The maximum Gasteiger partial charge on any atom is 0.253 e. The number of imidazole rings is 1. The van der Waals surface area contributed by atoms with Crippen LogP contribution in [0, 0.1) is 5.92 Å². The molecular weight excluding hydrogens is 302 g/mol. The summed E-state index contributed by atoms with van der Waals surface area (Å²) in [7, 11) is 0. The molecule has 0 bridgehead atoms. The average molecular weight is 325 g/mol. The van der Waals surface area contributed by atoms with Crippen LogP contribution in [-0.4, -0.2) is 40.1 Å². The Morgan fingerprint density at radius 2 is 1.88 bits per heavy atom. The summed E-state index contributed by atoms with van der Waals surface area (Å²) >= 11 is 0. The average Bonchev–Trinajstić information content (AvgIpc) is 3.31. The smallest absolute Gasteiger partial charge is 0.253 e. The lowest BCUT2D eigenvalue weighted by molar-refractivity contribution is 0.0694. The Kier molecular flexibility index (Phi) is 4.24. The van der Waals surface area contributed by atoms with Crippen molar-refractivity contribution in [3.8, 4) is 5.75 Å². The van der Waals surface area contributed by atoms with E-state index >= 15 is 0 Å². The van der Waals surface area contributed by atoms with Crippen molar-refractivity contribution in [3.05, 3.63) is 48.5 Å². The van der Waals surface area contributed by atoms with Crippen LogP contribution in [0.3, 0.4) is 0 Å². The fraction of sp³-hybridized carbons (Fsp3) is 0.474. The van der Waals surface area contributed by atoms with Gasteiger partial charge in [-0.3, -0.25) is 4.79 Å². The van der Waals surface area contributed by atoms with E-state index in [-0.39, 0.29) is 5.91 Å². The monoisotopic (exact) mass is 325 g/mol. The van der Waals surface area contributed by atoms with Crippen molar-refractivity contribution in [2.75, 3.05) is 19.7 Å². The van der Waals surface area contributed by atoms with Crippen molar-refractivity contribution in [2.24, 2.45) is 5.92 Å². The Balaban J connectivity index is 1.32. The fourth-order valence-corrected chi connectivity index (χ4v) is 3.23. The van der Waals surface area contributed by atoms with Gasteiger partial charge in [-0.15, -0.1) is 0 Å². The summed E-state index contributed by atoms with van der Waals surface area (Å²) in [4.78, 5) is 18.7. The second-order valence-corrected chi connectivity index (χ2v) is 6.81. The van der Waals surface area contributed by atoms with E-state index in [2.05, 4.69) is 9.55 Å². The number of likely N-dealkylation sites (tertiary alicyclic amines) is 1. The Bertz CT molecular complexity index is 669. The first-order valence-corrected chi connectivity index (χ1v) is 8.79. The number of piperidine rings is 1. The minimum absolute atomic E-state index is 0.118. The van der Waals surface area contributed by atoms with Gasteiger partial charge in [-0.05, 0) is 55.9 Å². The van der Waals surface area contributed by atoms with Crippen LogP contribution in [-0.2, 0) is 0 Å². The molecule has 126 valence electrons. The van der Waals surface area contributed by atoms with Crippen molar-refractivity contribution in [3.63, 3.8) is 0 Å². The molecule has 2 aromatic rings. The molecule has 4 rings (SSSR count). The van der Waals surface area contributed by atoms with Crippen molar-refractivity contribution >= 4 is 5.91 Å². The van der Waals surface area contributed by atoms with Gasteiger partial charge in [0.15, 0.2) is 0 Å². The third kappa shape index (κ3) is 3.45. The molecule has 2 fully saturated rings. The molecule has 0 unspecified atom stereocenters. The third-order valence-corrected chi connectivity index (χ3v) is 4.98. The predicted molar refractivity (Wildman–Crippen MR) is 91.1 cm³/mol. The molecule has 1 saturated carbocycles. The normalized spacial score (nSPS) is 18.6. The molecule has 1 aromatic carbocycles. The lowest BCUT2D eigenvalue weighted by Gasteiger charge is -2.32. The van der Waals surface area contributed by atoms with Crippen molar-refractivity contribution in [1.29, 1.82) is 0 Å². The first kappa shape index (κ1) is 15.2. The highest BCUT2D eigenvalue weighted by Gasteiger charge is 2.24. The van der Waals surface area contributed by atoms with Gasteiger partial charge in [0.05, 0.1) is 12.9 Å². The molecular formula is C19H23N3O2.